The van der Waals surface area contributed by atoms with E-state index >= 15 is 0 Å². The molecule has 0 spiro atoms. The molecule has 2 aliphatic rings. The Kier molecular flexibility index (Phi) is 1.84. The molecular formula is C7H11IN2. The summed E-state index contributed by atoms with van der Waals surface area (Å²) < 4.78 is 1.29. The van der Waals surface area contributed by atoms with Crippen molar-refractivity contribution in [3.8, 4) is 0 Å². The Bertz CT molecular complexity index is 167. The first-order chi connectivity index (χ1) is 4.88. The molecule has 1 aliphatic carbocycles. The zero-order valence-corrected chi connectivity index (χ0v) is 7.97. The first kappa shape index (κ1) is 6.88. The fraction of sp³-hybridized carbons (Fsp3) is 0.857. The van der Waals surface area contributed by atoms with E-state index in [1.807, 2.05) is 0 Å². The summed E-state index contributed by atoms with van der Waals surface area (Å²) in [6.07, 6.45) is 5.44. The van der Waals surface area contributed by atoms with Gasteiger partial charge < -0.3 is 5.43 Å². The van der Waals surface area contributed by atoms with E-state index in [4.69, 9.17) is 0 Å². The van der Waals surface area contributed by atoms with Crippen molar-refractivity contribution >= 4 is 26.3 Å². The van der Waals surface area contributed by atoms with Crippen molar-refractivity contribution in [2.45, 2.75) is 31.7 Å². The van der Waals surface area contributed by atoms with Gasteiger partial charge in [-0.15, -0.1) is 0 Å². The molecule has 0 radical (unpaired) electrons. The van der Waals surface area contributed by atoms with Crippen LogP contribution < -0.4 is 5.43 Å². The van der Waals surface area contributed by atoms with E-state index in [0.717, 1.165) is 5.92 Å². The second-order valence-electron chi connectivity index (χ2n) is 3.06. The standard InChI is InChI=1S/C7H11IN2/c8-7-5-3-1-2-4-6(5)9-10-7/h5-6,9H,1-4H2. The second-order valence-corrected chi connectivity index (χ2v) is 4.17. The number of hydrogen-bond donors (Lipinski definition) is 1. The van der Waals surface area contributed by atoms with Crippen LogP contribution in [0.25, 0.3) is 0 Å². The van der Waals surface area contributed by atoms with Gasteiger partial charge in [0.1, 0.15) is 3.72 Å². The molecule has 0 amide bonds. The van der Waals surface area contributed by atoms with Crippen molar-refractivity contribution in [2.24, 2.45) is 11.0 Å². The average Bonchev–Trinajstić information content (AvgIpc) is 2.34. The highest BCUT2D eigenvalue weighted by molar-refractivity contribution is 14.1. The van der Waals surface area contributed by atoms with Crippen molar-refractivity contribution in [3.63, 3.8) is 0 Å². The number of nitrogens with one attached hydrogen (secondary N) is 1. The third-order valence-electron chi connectivity index (χ3n) is 2.41. The number of halogens is 1. The summed E-state index contributed by atoms with van der Waals surface area (Å²) in [6, 6.07) is 0.681. The number of nitrogens with zero attached hydrogens (tertiary/aromatic N) is 1. The number of rotatable bonds is 0. The van der Waals surface area contributed by atoms with Gasteiger partial charge in [-0.1, -0.05) is 12.8 Å². The Morgan fingerprint density at radius 1 is 1.40 bits per heavy atom. The Morgan fingerprint density at radius 3 is 3.00 bits per heavy atom. The molecule has 0 saturated heterocycles. The van der Waals surface area contributed by atoms with Crippen LogP contribution in [-0.4, -0.2) is 9.76 Å². The third kappa shape index (κ3) is 1.04. The molecule has 1 fully saturated rings. The lowest BCUT2D eigenvalue weighted by Crippen LogP contribution is -2.31. The maximum Gasteiger partial charge on any atom is 0.103 e. The number of hydrogen-bond acceptors (Lipinski definition) is 2. The molecule has 2 atom stereocenters. The summed E-state index contributed by atoms with van der Waals surface area (Å²) in [7, 11) is 0. The second kappa shape index (κ2) is 2.68. The topological polar surface area (TPSA) is 24.4 Å². The quantitative estimate of drug-likeness (QED) is 0.652. The maximum atomic E-state index is 4.23. The van der Waals surface area contributed by atoms with Gasteiger partial charge in [-0.2, -0.15) is 5.10 Å². The zero-order chi connectivity index (χ0) is 6.97. The first-order valence-electron chi connectivity index (χ1n) is 3.86. The van der Waals surface area contributed by atoms with Crippen LogP contribution in [0, 0.1) is 5.92 Å². The van der Waals surface area contributed by atoms with Crippen molar-refractivity contribution < 1.29 is 0 Å². The van der Waals surface area contributed by atoms with E-state index in [-0.39, 0.29) is 0 Å². The third-order valence-corrected chi connectivity index (χ3v) is 3.45. The predicted octanol–water partition coefficient (Wildman–Crippen LogP) is 1.90. The van der Waals surface area contributed by atoms with Crippen LogP contribution >= 0.6 is 22.6 Å². The summed E-state index contributed by atoms with van der Waals surface area (Å²) in [6.45, 7) is 0. The van der Waals surface area contributed by atoms with Gasteiger partial charge in [0.05, 0.1) is 6.04 Å². The normalized spacial score (nSPS) is 38.3. The highest BCUT2D eigenvalue weighted by Gasteiger charge is 2.31. The minimum atomic E-state index is 0.681. The van der Waals surface area contributed by atoms with E-state index < -0.39 is 0 Å². The Balaban J connectivity index is 2.08. The lowest BCUT2D eigenvalue weighted by molar-refractivity contribution is 0.355. The SMILES string of the molecule is IC1=NNC2CCCCC12. The van der Waals surface area contributed by atoms with Gasteiger partial charge in [0.15, 0.2) is 0 Å². The largest absolute Gasteiger partial charge is 0.306 e. The predicted molar refractivity (Wildman–Crippen MR) is 50.3 cm³/mol. The number of hydrazone groups is 1. The zero-order valence-electron chi connectivity index (χ0n) is 5.81. The molecule has 2 nitrogen and oxygen atoms in total. The molecule has 0 aromatic heterocycles. The monoisotopic (exact) mass is 250 g/mol. The van der Waals surface area contributed by atoms with Crippen LogP contribution in [0.4, 0.5) is 0 Å². The molecule has 0 aromatic carbocycles. The highest BCUT2D eigenvalue weighted by Crippen LogP contribution is 2.30. The van der Waals surface area contributed by atoms with Crippen molar-refractivity contribution in [3.05, 3.63) is 0 Å². The molecule has 10 heavy (non-hydrogen) atoms. The lowest BCUT2D eigenvalue weighted by atomic mass is 9.87. The highest BCUT2D eigenvalue weighted by atomic mass is 127. The molecule has 2 rings (SSSR count). The molecule has 1 aliphatic heterocycles. The Labute approximate surface area is 74.6 Å². The van der Waals surface area contributed by atoms with E-state index in [1.54, 1.807) is 0 Å². The van der Waals surface area contributed by atoms with Crippen LogP contribution in [0.5, 0.6) is 0 Å². The van der Waals surface area contributed by atoms with Crippen LogP contribution in [0.15, 0.2) is 5.10 Å². The molecular weight excluding hydrogens is 239 g/mol. The van der Waals surface area contributed by atoms with E-state index in [2.05, 4.69) is 33.1 Å². The number of fused-ring (bicyclic) bond motifs is 1. The van der Waals surface area contributed by atoms with Gasteiger partial charge in [-0.05, 0) is 35.4 Å². The smallest absolute Gasteiger partial charge is 0.103 e. The van der Waals surface area contributed by atoms with Crippen molar-refractivity contribution in [2.75, 3.05) is 0 Å². The summed E-state index contributed by atoms with van der Waals surface area (Å²) >= 11 is 2.35. The van der Waals surface area contributed by atoms with Crippen LogP contribution in [0.1, 0.15) is 25.7 Å². The van der Waals surface area contributed by atoms with Gasteiger partial charge in [0.2, 0.25) is 0 Å². The van der Waals surface area contributed by atoms with Gasteiger partial charge in [-0.3, -0.25) is 0 Å². The molecule has 2 unspecified atom stereocenters. The fourth-order valence-corrected chi connectivity index (χ4v) is 2.68. The van der Waals surface area contributed by atoms with E-state index in [0.29, 0.717) is 6.04 Å². The van der Waals surface area contributed by atoms with Gasteiger partial charge >= 0.3 is 0 Å². The minimum Gasteiger partial charge on any atom is -0.306 e. The molecule has 3 heteroatoms. The van der Waals surface area contributed by atoms with Crippen LogP contribution in [0.3, 0.4) is 0 Å². The Morgan fingerprint density at radius 2 is 2.20 bits per heavy atom. The van der Waals surface area contributed by atoms with E-state index in [1.165, 1.54) is 29.4 Å². The van der Waals surface area contributed by atoms with Gasteiger partial charge in [0.25, 0.3) is 0 Å². The first-order valence-corrected chi connectivity index (χ1v) is 4.94. The van der Waals surface area contributed by atoms with Crippen molar-refractivity contribution in [1.29, 1.82) is 0 Å². The van der Waals surface area contributed by atoms with E-state index in [9.17, 15) is 0 Å². The lowest BCUT2D eigenvalue weighted by Gasteiger charge is -2.23. The molecule has 1 heterocycles. The average molecular weight is 250 g/mol. The van der Waals surface area contributed by atoms with Gasteiger partial charge in [0, 0.05) is 5.92 Å². The minimum absolute atomic E-state index is 0.681. The van der Waals surface area contributed by atoms with Crippen LogP contribution in [0.2, 0.25) is 0 Å². The molecule has 1 saturated carbocycles. The molecule has 56 valence electrons. The molecule has 0 aromatic rings. The summed E-state index contributed by atoms with van der Waals surface area (Å²) in [5, 5.41) is 4.23. The Hall–Kier alpha value is 0.200. The summed E-state index contributed by atoms with van der Waals surface area (Å²) in [5.41, 5.74) is 3.19. The maximum absolute atomic E-state index is 4.23. The van der Waals surface area contributed by atoms with Crippen LogP contribution in [-0.2, 0) is 0 Å². The molecule has 1 N–H and O–H groups in total. The van der Waals surface area contributed by atoms with Gasteiger partial charge in [-0.25, -0.2) is 0 Å². The fourth-order valence-electron chi connectivity index (χ4n) is 1.80. The van der Waals surface area contributed by atoms with Crippen molar-refractivity contribution in [1.82, 2.24) is 5.43 Å². The molecule has 0 bridgehead atoms. The summed E-state index contributed by atoms with van der Waals surface area (Å²) in [5.74, 6) is 0.759. The summed E-state index contributed by atoms with van der Waals surface area (Å²) in [4.78, 5) is 0.